The molecule has 2 unspecified atom stereocenters. The number of hydrogen-bond acceptors (Lipinski definition) is 5. The van der Waals surface area contributed by atoms with Gasteiger partial charge in [-0.15, -0.1) is 0 Å². The number of anilines is 1. The lowest BCUT2D eigenvalue weighted by Gasteiger charge is -2.37. The van der Waals surface area contributed by atoms with E-state index in [1.165, 1.54) is 24.7 Å². The molecule has 2 atom stereocenters. The molecule has 0 radical (unpaired) electrons. The predicted molar refractivity (Wildman–Crippen MR) is 74.3 cm³/mol. The fraction of sp³-hybridized carbons (Fsp3) is 0.615. The van der Waals surface area contributed by atoms with Crippen molar-refractivity contribution in [3.05, 3.63) is 10.6 Å². The molecular formula is C13H18N2O3S. The van der Waals surface area contributed by atoms with Crippen molar-refractivity contribution in [2.45, 2.75) is 39.7 Å². The number of carbonyl (C=O) groups is 2. The van der Waals surface area contributed by atoms with Crippen molar-refractivity contribution in [2.24, 2.45) is 5.92 Å². The second-order valence-electron chi connectivity index (χ2n) is 5.09. The Balaban J connectivity index is 2.37. The summed E-state index contributed by atoms with van der Waals surface area (Å²) in [5.74, 6) is -0.823. The number of rotatable bonds is 3. The normalized spacial score (nSPS) is 23.4. The molecule has 0 spiro atoms. The number of carboxylic acid groups (broad SMARTS) is 1. The van der Waals surface area contributed by atoms with Gasteiger partial charge in [-0.1, -0.05) is 18.3 Å². The van der Waals surface area contributed by atoms with Crippen molar-refractivity contribution in [1.29, 1.82) is 0 Å². The first-order chi connectivity index (χ1) is 8.91. The van der Waals surface area contributed by atoms with Gasteiger partial charge in [-0.25, -0.2) is 9.78 Å². The average Bonchev–Trinajstić information content (AvgIpc) is 2.77. The summed E-state index contributed by atoms with van der Waals surface area (Å²) in [7, 11) is 0. The van der Waals surface area contributed by atoms with Gasteiger partial charge < -0.3 is 10.0 Å². The van der Waals surface area contributed by atoms with E-state index in [-0.39, 0.29) is 16.4 Å². The van der Waals surface area contributed by atoms with Crippen LogP contribution in [0.2, 0.25) is 0 Å². The summed E-state index contributed by atoms with van der Waals surface area (Å²) in [4.78, 5) is 29.2. The van der Waals surface area contributed by atoms with Crippen LogP contribution in [0.25, 0.3) is 0 Å². The first-order valence-electron chi connectivity index (χ1n) is 6.43. The van der Waals surface area contributed by atoms with Crippen molar-refractivity contribution in [3.8, 4) is 0 Å². The molecule has 0 bridgehead atoms. The van der Waals surface area contributed by atoms with Gasteiger partial charge in [0, 0.05) is 19.5 Å². The molecule has 19 heavy (non-hydrogen) atoms. The monoisotopic (exact) mass is 282 g/mol. The Hall–Kier alpha value is -1.43. The van der Waals surface area contributed by atoms with Crippen molar-refractivity contribution in [3.63, 3.8) is 0 Å². The van der Waals surface area contributed by atoms with Crippen LogP contribution in [-0.4, -0.2) is 34.4 Å². The van der Waals surface area contributed by atoms with Crippen LogP contribution in [0.3, 0.4) is 0 Å². The number of piperidine rings is 1. The maximum Gasteiger partial charge on any atom is 0.356 e. The molecule has 6 heteroatoms. The third-order valence-corrected chi connectivity index (χ3v) is 4.95. The van der Waals surface area contributed by atoms with Crippen LogP contribution in [0, 0.1) is 5.92 Å². The van der Waals surface area contributed by atoms with Crippen molar-refractivity contribution in [2.75, 3.05) is 11.4 Å². The Labute approximate surface area is 116 Å². The number of nitrogens with zero attached hydrogens (tertiary/aromatic N) is 2. The van der Waals surface area contributed by atoms with Gasteiger partial charge in [0.1, 0.15) is 4.88 Å². The molecule has 1 fully saturated rings. The van der Waals surface area contributed by atoms with Crippen LogP contribution in [-0.2, 0) is 0 Å². The van der Waals surface area contributed by atoms with Gasteiger partial charge in [0.25, 0.3) is 0 Å². The van der Waals surface area contributed by atoms with Gasteiger partial charge in [0.2, 0.25) is 0 Å². The zero-order valence-corrected chi connectivity index (χ0v) is 12.2. The number of hydrogen-bond donors (Lipinski definition) is 1. The van der Waals surface area contributed by atoms with Crippen molar-refractivity contribution >= 4 is 28.2 Å². The van der Waals surface area contributed by atoms with Crippen LogP contribution in [0.15, 0.2) is 0 Å². The Kier molecular flexibility index (Phi) is 3.89. The lowest BCUT2D eigenvalue weighted by Crippen LogP contribution is -2.42. The van der Waals surface area contributed by atoms with Crippen LogP contribution in [0.5, 0.6) is 0 Å². The summed E-state index contributed by atoms with van der Waals surface area (Å²) in [6, 6.07) is 0.321. The first-order valence-corrected chi connectivity index (χ1v) is 7.25. The van der Waals surface area contributed by atoms with Crippen LogP contribution >= 0.6 is 11.3 Å². The number of carboxylic acids is 1. The van der Waals surface area contributed by atoms with Gasteiger partial charge in [-0.2, -0.15) is 0 Å². The smallest absolute Gasteiger partial charge is 0.356 e. The number of carbonyl (C=O) groups excluding carboxylic acids is 1. The molecule has 0 saturated carbocycles. The molecule has 2 rings (SSSR count). The molecule has 1 aliphatic heterocycles. The lowest BCUT2D eigenvalue weighted by atomic mass is 9.93. The van der Waals surface area contributed by atoms with E-state index in [2.05, 4.69) is 23.7 Å². The summed E-state index contributed by atoms with van der Waals surface area (Å²) < 4.78 is 0. The Morgan fingerprint density at radius 3 is 2.63 bits per heavy atom. The molecule has 5 nitrogen and oxygen atoms in total. The summed E-state index contributed by atoms with van der Waals surface area (Å²) in [6.45, 7) is 6.56. The van der Waals surface area contributed by atoms with Crippen LogP contribution in [0.4, 0.5) is 5.13 Å². The number of Topliss-reactive ketones (excluding diaryl/α,β-unsaturated/α-hetero) is 1. The average molecular weight is 282 g/mol. The van der Waals surface area contributed by atoms with E-state index in [0.717, 1.165) is 13.0 Å². The van der Waals surface area contributed by atoms with Gasteiger partial charge in [0.05, 0.1) is 0 Å². The molecule has 1 aromatic heterocycles. The quantitative estimate of drug-likeness (QED) is 0.863. The molecule has 1 N–H and O–H groups in total. The van der Waals surface area contributed by atoms with Gasteiger partial charge in [-0.05, 0) is 25.7 Å². The summed E-state index contributed by atoms with van der Waals surface area (Å²) in [5, 5.41) is 9.77. The lowest BCUT2D eigenvalue weighted by molar-refractivity contribution is 0.0687. The maximum atomic E-state index is 11.5. The minimum atomic E-state index is -1.13. The summed E-state index contributed by atoms with van der Waals surface area (Å²) in [6.07, 6.45) is 2.25. The maximum absolute atomic E-state index is 11.5. The minimum absolute atomic E-state index is 0.113. The molecule has 2 heterocycles. The van der Waals surface area contributed by atoms with E-state index >= 15 is 0 Å². The minimum Gasteiger partial charge on any atom is -0.476 e. The van der Waals surface area contributed by atoms with E-state index in [1.54, 1.807) is 0 Å². The van der Waals surface area contributed by atoms with E-state index in [9.17, 15) is 9.59 Å². The van der Waals surface area contributed by atoms with Gasteiger partial charge in [0.15, 0.2) is 16.6 Å². The molecule has 1 saturated heterocycles. The molecule has 0 amide bonds. The highest BCUT2D eigenvalue weighted by Crippen LogP contribution is 2.33. The second kappa shape index (κ2) is 5.28. The Morgan fingerprint density at radius 1 is 1.42 bits per heavy atom. The zero-order valence-electron chi connectivity index (χ0n) is 11.3. The SMILES string of the molecule is CC(=O)c1sc(N2CCCC(C)C2C)nc1C(=O)O. The molecular weight excluding hydrogens is 264 g/mol. The highest BCUT2D eigenvalue weighted by atomic mass is 32.1. The highest BCUT2D eigenvalue weighted by molar-refractivity contribution is 7.17. The number of aromatic nitrogens is 1. The molecule has 0 aromatic carbocycles. The van der Waals surface area contributed by atoms with E-state index < -0.39 is 5.97 Å². The molecule has 1 aliphatic rings. The predicted octanol–water partition coefficient (Wildman–Crippen LogP) is 2.67. The van der Waals surface area contributed by atoms with E-state index in [0.29, 0.717) is 17.1 Å². The van der Waals surface area contributed by atoms with Crippen molar-refractivity contribution < 1.29 is 14.7 Å². The third-order valence-electron chi connectivity index (χ3n) is 3.76. The molecule has 104 valence electrons. The summed E-state index contributed by atoms with van der Waals surface area (Å²) >= 11 is 1.19. The number of ketones is 1. The number of aromatic carboxylic acids is 1. The molecule has 0 aliphatic carbocycles. The van der Waals surface area contributed by atoms with Gasteiger partial charge >= 0.3 is 5.97 Å². The Bertz CT molecular complexity index is 480. The zero-order chi connectivity index (χ0) is 14.2. The molecule has 1 aromatic rings. The van der Waals surface area contributed by atoms with Crippen LogP contribution < -0.4 is 4.90 Å². The third kappa shape index (κ3) is 2.63. The number of thiazole rings is 1. The van der Waals surface area contributed by atoms with E-state index in [4.69, 9.17) is 5.11 Å². The standard InChI is InChI=1S/C13H18N2O3S/c1-7-5-4-6-15(8(7)2)13-14-10(12(17)18)11(19-13)9(3)16/h7-8H,4-6H2,1-3H3,(H,17,18). The van der Waals surface area contributed by atoms with E-state index in [1.807, 2.05) is 0 Å². The topological polar surface area (TPSA) is 70.5 Å². The largest absolute Gasteiger partial charge is 0.476 e. The van der Waals surface area contributed by atoms with Crippen molar-refractivity contribution in [1.82, 2.24) is 4.98 Å². The second-order valence-corrected chi connectivity index (χ2v) is 6.07. The van der Waals surface area contributed by atoms with Crippen LogP contribution in [0.1, 0.15) is 53.8 Å². The van der Waals surface area contributed by atoms with Gasteiger partial charge in [-0.3, -0.25) is 4.79 Å². The highest BCUT2D eigenvalue weighted by Gasteiger charge is 2.29. The fourth-order valence-corrected chi connectivity index (χ4v) is 3.49. The Morgan fingerprint density at radius 2 is 2.11 bits per heavy atom. The summed E-state index contributed by atoms with van der Waals surface area (Å²) in [5.41, 5.74) is -0.113. The first kappa shape index (κ1) is 14.0. The fourth-order valence-electron chi connectivity index (χ4n) is 2.42.